The van der Waals surface area contributed by atoms with Crippen LogP contribution in [0.25, 0.3) is 0 Å². The molecule has 1 N–H and O–H groups in total. The molecule has 0 bridgehead atoms. The highest BCUT2D eigenvalue weighted by molar-refractivity contribution is 5.50. The maximum atomic E-state index is 5.83. The maximum absolute atomic E-state index is 5.83. The van der Waals surface area contributed by atoms with E-state index in [1.54, 1.807) is 27.5 Å². The number of aromatic nitrogens is 1. The molecule has 0 fully saturated rings. The molecule has 31 heavy (non-hydrogen) atoms. The molecule has 1 aliphatic heterocycles. The minimum Gasteiger partial charge on any atom is -0.497 e. The summed E-state index contributed by atoms with van der Waals surface area (Å²) < 4.78 is 22.3. The standard InChI is InChI=1S/C25H28N2O4/c1-5-31-23-15-16(8-11-22(23)29-3)24-19-10-9-18(28-2)13-17(19)14-21(27-24)20-7-6-12-26-25(20)30-4/h6-13,15,21,24,27H,5,14H2,1-4H3/t21-,24-/m0/s1. The molecule has 0 spiro atoms. The van der Waals surface area contributed by atoms with E-state index in [-0.39, 0.29) is 12.1 Å². The van der Waals surface area contributed by atoms with Gasteiger partial charge in [-0.2, -0.15) is 0 Å². The van der Waals surface area contributed by atoms with Gasteiger partial charge < -0.3 is 18.9 Å². The van der Waals surface area contributed by atoms with Crippen molar-refractivity contribution in [2.45, 2.75) is 25.4 Å². The Morgan fingerprint density at radius 2 is 1.81 bits per heavy atom. The zero-order valence-corrected chi connectivity index (χ0v) is 18.3. The Labute approximate surface area is 183 Å². The van der Waals surface area contributed by atoms with E-state index >= 15 is 0 Å². The normalized spacial score (nSPS) is 17.5. The number of pyridine rings is 1. The fourth-order valence-electron chi connectivity index (χ4n) is 4.19. The molecule has 1 aliphatic rings. The van der Waals surface area contributed by atoms with Crippen LogP contribution in [0, 0.1) is 0 Å². The second-order valence-corrected chi connectivity index (χ2v) is 7.37. The van der Waals surface area contributed by atoms with Gasteiger partial charge in [0.15, 0.2) is 11.5 Å². The van der Waals surface area contributed by atoms with E-state index in [0.29, 0.717) is 12.5 Å². The summed E-state index contributed by atoms with van der Waals surface area (Å²) in [6.07, 6.45) is 2.55. The fraction of sp³-hybridized carbons (Fsp3) is 0.320. The van der Waals surface area contributed by atoms with Crippen LogP contribution in [0.2, 0.25) is 0 Å². The summed E-state index contributed by atoms with van der Waals surface area (Å²) in [5.41, 5.74) is 4.57. The highest BCUT2D eigenvalue weighted by atomic mass is 16.5. The van der Waals surface area contributed by atoms with E-state index in [4.69, 9.17) is 18.9 Å². The molecule has 162 valence electrons. The molecule has 2 heterocycles. The lowest BCUT2D eigenvalue weighted by molar-refractivity contribution is 0.310. The zero-order chi connectivity index (χ0) is 21.8. The maximum Gasteiger partial charge on any atom is 0.217 e. The van der Waals surface area contributed by atoms with Crippen molar-refractivity contribution < 1.29 is 18.9 Å². The van der Waals surface area contributed by atoms with Gasteiger partial charge in [0.25, 0.3) is 0 Å². The number of nitrogens with zero attached hydrogens (tertiary/aromatic N) is 1. The van der Waals surface area contributed by atoms with E-state index < -0.39 is 0 Å². The summed E-state index contributed by atoms with van der Waals surface area (Å²) in [6, 6.07) is 16.3. The van der Waals surface area contributed by atoms with Crippen molar-refractivity contribution in [3.63, 3.8) is 0 Å². The molecule has 6 heteroatoms. The first-order valence-electron chi connectivity index (χ1n) is 10.4. The smallest absolute Gasteiger partial charge is 0.217 e. The summed E-state index contributed by atoms with van der Waals surface area (Å²) in [7, 11) is 5.00. The second kappa shape index (κ2) is 9.27. The van der Waals surface area contributed by atoms with Crippen LogP contribution in [0.5, 0.6) is 23.1 Å². The summed E-state index contributed by atoms with van der Waals surface area (Å²) in [4.78, 5) is 4.40. The van der Waals surface area contributed by atoms with Crippen molar-refractivity contribution >= 4 is 0 Å². The Hall–Kier alpha value is -3.25. The quantitative estimate of drug-likeness (QED) is 0.608. The fourth-order valence-corrected chi connectivity index (χ4v) is 4.19. The van der Waals surface area contributed by atoms with Crippen LogP contribution in [0.4, 0.5) is 0 Å². The first-order valence-corrected chi connectivity index (χ1v) is 10.4. The number of rotatable bonds is 7. The first-order chi connectivity index (χ1) is 15.2. The number of hydrogen-bond donors (Lipinski definition) is 1. The highest BCUT2D eigenvalue weighted by Gasteiger charge is 2.31. The molecule has 0 saturated heterocycles. The molecular weight excluding hydrogens is 392 g/mol. The van der Waals surface area contributed by atoms with Gasteiger partial charge in [-0.3, -0.25) is 5.32 Å². The Kier molecular flexibility index (Phi) is 6.28. The summed E-state index contributed by atoms with van der Waals surface area (Å²) in [5.74, 6) is 2.94. The number of nitrogens with one attached hydrogen (secondary N) is 1. The molecule has 6 nitrogen and oxygen atoms in total. The van der Waals surface area contributed by atoms with Crippen LogP contribution in [-0.2, 0) is 6.42 Å². The van der Waals surface area contributed by atoms with E-state index in [1.807, 2.05) is 25.1 Å². The highest BCUT2D eigenvalue weighted by Crippen LogP contribution is 2.41. The van der Waals surface area contributed by atoms with Crippen LogP contribution in [0.3, 0.4) is 0 Å². The Morgan fingerprint density at radius 3 is 2.55 bits per heavy atom. The monoisotopic (exact) mass is 420 g/mol. The SMILES string of the molecule is CCOc1cc([C@@H]2N[C@H](c3cccnc3OC)Cc3cc(OC)ccc32)ccc1OC. The Balaban J connectivity index is 1.80. The molecule has 0 unspecified atom stereocenters. The van der Waals surface area contributed by atoms with Gasteiger partial charge in [0, 0.05) is 17.8 Å². The van der Waals surface area contributed by atoms with Crippen molar-refractivity contribution in [2.75, 3.05) is 27.9 Å². The van der Waals surface area contributed by atoms with Crippen molar-refractivity contribution in [1.29, 1.82) is 0 Å². The number of benzene rings is 2. The molecule has 4 rings (SSSR count). The third-order valence-electron chi connectivity index (χ3n) is 5.64. The van der Waals surface area contributed by atoms with Crippen LogP contribution < -0.4 is 24.3 Å². The van der Waals surface area contributed by atoms with Crippen molar-refractivity contribution in [3.05, 3.63) is 77.0 Å². The van der Waals surface area contributed by atoms with Crippen LogP contribution in [0.1, 0.15) is 41.3 Å². The third kappa shape index (κ3) is 4.16. The first kappa shape index (κ1) is 21.0. The lowest BCUT2D eigenvalue weighted by atomic mass is 9.84. The van der Waals surface area contributed by atoms with Gasteiger partial charge in [-0.1, -0.05) is 18.2 Å². The predicted octanol–water partition coefficient (Wildman–Crippen LogP) is 4.48. The molecule has 0 saturated carbocycles. The van der Waals surface area contributed by atoms with Gasteiger partial charge in [-0.25, -0.2) is 4.98 Å². The number of fused-ring (bicyclic) bond motifs is 1. The molecule has 2 atom stereocenters. The molecule has 2 aromatic carbocycles. The minimum atomic E-state index is -0.0327. The molecular formula is C25H28N2O4. The van der Waals surface area contributed by atoms with Crippen LogP contribution in [-0.4, -0.2) is 32.9 Å². The number of ether oxygens (including phenoxy) is 4. The molecule has 0 aliphatic carbocycles. The largest absolute Gasteiger partial charge is 0.497 e. The van der Waals surface area contributed by atoms with Gasteiger partial charge in [0.1, 0.15) is 5.75 Å². The van der Waals surface area contributed by atoms with Gasteiger partial charge in [0.2, 0.25) is 5.88 Å². The summed E-state index contributed by atoms with van der Waals surface area (Å²) >= 11 is 0. The molecule has 3 aromatic rings. The van der Waals surface area contributed by atoms with E-state index in [1.165, 1.54) is 11.1 Å². The Bertz CT molecular complexity index is 1050. The zero-order valence-electron chi connectivity index (χ0n) is 18.3. The average Bonchev–Trinajstić information content (AvgIpc) is 2.83. The van der Waals surface area contributed by atoms with Crippen molar-refractivity contribution in [1.82, 2.24) is 10.3 Å². The van der Waals surface area contributed by atoms with Gasteiger partial charge >= 0.3 is 0 Å². The van der Waals surface area contributed by atoms with E-state index in [0.717, 1.165) is 34.8 Å². The van der Waals surface area contributed by atoms with Gasteiger partial charge in [0.05, 0.1) is 34.0 Å². The van der Waals surface area contributed by atoms with E-state index in [9.17, 15) is 0 Å². The van der Waals surface area contributed by atoms with Crippen LogP contribution in [0.15, 0.2) is 54.7 Å². The van der Waals surface area contributed by atoms with Gasteiger partial charge in [-0.15, -0.1) is 0 Å². The topological polar surface area (TPSA) is 61.8 Å². The second-order valence-electron chi connectivity index (χ2n) is 7.37. The van der Waals surface area contributed by atoms with Crippen molar-refractivity contribution in [2.24, 2.45) is 0 Å². The van der Waals surface area contributed by atoms with Crippen molar-refractivity contribution in [3.8, 4) is 23.1 Å². The van der Waals surface area contributed by atoms with E-state index in [2.05, 4.69) is 40.6 Å². The molecule has 0 amide bonds. The van der Waals surface area contributed by atoms with Crippen LogP contribution >= 0.6 is 0 Å². The van der Waals surface area contributed by atoms with Gasteiger partial charge in [-0.05, 0) is 60.4 Å². The summed E-state index contributed by atoms with van der Waals surface area (Å²) in [6.45, 7) is 2.54. The minimum absolute atomic E-state index is 0.0327. The Morgan fingerprint density at radius 1 is 0.935 bits per heavy atom. The number of hydrogen-bond acceptors (Lipinski definition) is 6. The predicted molar refractivity (Wildman–Crippen MR) is 119 cm³/mol. The molecule has 0 radical (unpaired) electrons. The molecule has 1 aromatic heterocycles. The average molecular weight is 421 g/mol. The third-order valence-corrected chi connectivity index (χ3v) is 5.64. The summed E-state index contributed by atoms with van der Waals surface area (Å²) in [5, 5.41) is 3.80. The lowest BCUT2D eigenvalue weighted by Gasteiger charge is -2.34. The lowest BCUT2D eigenvalue weighted by Crippen LogP contribution is -2.34. The number of methoxy groups -OCH3 is 3.